The van der Waals surface area contributed by atoms with E-state index in [-0.39, 0.29) is 57.7 Å². The molecule has 0 aliphatic rings. The first-order valence-electron chi connectivity index (χ1n) is 8.87. The van der Waals surface area contributed by atoms with Crippen LogP contribution in [0.2, 0.25) is 5.02 Å². The van der Waals surface area contributed by atoms with Crippen LogP contribution >= 0.6 is 11.6 Å². The van der Waals surface area contributed by atoms with Crippen molar-refractivity contribution in [1.82, 2.24) is 9.78 Å². The molecular formula is C20H17ClF4N2O2. The number of carbonyl (C=O) groups is 1. The second kappa shape index (κ2) is 8.41. The zero-order chi connectivity index (χ0) is 21.2. The molecule has 0 saturated heterocycles. The van der Waals surface area contributed by atoms with E-state index >= 15 is 0 Å². The van der Waals surface area contributed by atoms with Crippen molar-refractivity contribution in [3.63, 3.8) is 0 Å². The molecule has 0 bridgehead atoms. The van der Waals surface area contributed by atoms with E-state index in [1.54, 1.807) is 13.0 Å². The lowest BCUT2D eigenvalue weighted by molar-refractivity contribution is -0.209. The Morgan fingerprint density at radius 3 is 2.62 bits per heavy atom. The summed E-state index contributed by atoms with van der Waals surface area (Å²) in [4.78, 5) is 11.7. The zero-order valence-electron chi connectivity index (χ0n) is 15.4. The fraction of sp³-hybridized carbons (Fsp3) is 0.300. The number of aryl methyl sites for hydroxylation is 1. The van der Waals surface area contributed by atoms with E-state index < -0.39 is 18.1 Å². The number of alkyl halides is 3. The van der Waals surface area contributed by atoms with Crippen molar-refractivity contribution in [2.75, 3.05) is 6.61 Å². The van der Waals surface area contributed by atoms with E-state index in [0.29, 0.717) is 5.56 Å². The first-order chi connectivity index (χ1) is 13.7. The van der Waals surface area contributed by atoms with Crippen LogP contribution in [0.3, 0.4) is 0 Å². The van der Waals surface area contributed by atoms with Crippen LogP contribution < -0.4 is 0 Å². The molecule has 154 valence electrons. The first kappa shape index (κ1) is 21.1. The lowest BCUT2D eigenvalue weighted by Crippen LogP contribution is -2.18. The average Bonchev–Trinajstić information content (AvgIpc) is 3.03. The third-order valence-corrected chi connectivity index (χ3v) is 4.61. The highest BCUT2D eigenvalue weighted by atomic mass is 35.5. The van der Waals surface area contributed by atoms with Gasteiger partial charge in [-0.05, 0) is 36.2 Å². The van der Waals surface area contributed by atoms with Crippen LogP contribution in [0.4, 0.5) is 17.6 Å². The highest BCUT2D eigenvalue weighted by molar-refractivity contribution is 6.30. The van der Waals surface area contributed by atoms with Gasteiger partial charge in [0.25, 0.3) is 0 Å². The summed E-state index contributed by atoms with van der Waals surface area (Å²) in [5, 5.41) is 4.18. The summed E-state index contributed by atoms with van der Waals surface area (Å²) in [5.41, 5.74) is 0.717. The number of carbonyl (C=O) groups excluding carboxylic acids is 1. The highest BCUT2D eigenvalue weighted by Gasteiger charge is 2.35. The maximum absolute atomic E-state index is 14.2. The van der Waals surface area contributed by atoms with E-state index in [0.717, 1.165) is 6.07 Å². The van der Waals surface area contributed by atoms with Crippen LogP contribution in [0.5, 0.6) is 0 Å². The smallest absolute Gasteiger partial charge is 0.466 e. The summed E-state index contributed by atoms with van der Waals surface area (Å²) in [5.74, 6) is -1.07. The Morgan fingerprint density at radius 2 is 1.97 bits per heavy atom. The largest absolute Gasteiger partial charge is 0.505 e. The van der Waals surface area contributed by atoms with Gasteiger partial charge in [-0.2, -0.15) is 9.78 Å². The third kappa shape index (κ3) is 4.70. The minimum Gasteiger partial charge on any atom is -0.466 e. The number of ether oxygens (including phenoxy) is 1. The predicted molar refractivity (Wildman–Crippen MR) is 100 cm³/mol. The molecule has 1 heterocycles. The molecule has 9 heteroatoms. The minimum absolute atomic E-state index is 0.0233. The van der Waals surface area contributed by atoms with Gasteiger partial charge in [0.05, 0.1) is 24.2 Å². The van der Waals surface area contributed by atoms with Crippen molar-refractivity contribution < 1.29 is 27.1 Å². The van der Waals surface area contributed by atoms with Crippen LogP contribution in [0, 0.1) is 5.82 Å². The quantitative estimate of drug-likeness (QED) is 0.390. The van der Waals surface area contributed by atoms with Crippen molar-refractivity contribution >= 4 is 28.5 Å². The van der Waals surface area contributed by atoms with Gasteiger partial charge in [0, 0.05) is 23.3 Å². The Balaban J connectivity index is 2.07. The Morgan fingerprint density at radius 1 is 1.21 bits per heavy atom. The highest BCUT2D eigenvalue weighted by Crippen LogP contribution is 2.32. The number of aromatic nitrogens is 2. The monoisotopic (exact) mass is 428 g/mol. The van der Waals surface area contributed by atoms with Crippen LogP contribution in [0.25, 0.3) is 10.9 Å². The van der Waals surface area contributed by atoms with Crippen molar-refractivity contribution in [1.29, 1.82) is 0 Å². The molecular weight excluding hydrogens is 412 g/mol. The van der Waals surface area contributed by atoms with Gasteiger partial charge in [-0.15, -0.1) is 13.2 Å². The van der Waals surface area contributed by atoms with Gasteiger partial charge in [0.2, 0.25) is 0 Å². The van der Waals surface area contributed by atoms with E-state index in [1.807, 2.05) is 0 Å². The fourth-order valence-electron chi connectivity index (χ4n) is 3.16. The van der Waals surface area contributed by atoms with Crippen LogP contribution in [-0.4, -0.2) is 22.4 Å². The molecule has 0 spiro atoms. The van der Waals surface area contributed by atoms with Gasteiger partial charge in [0.15, 0.2) is 0 Å². The lowest BCUT2D eigenvalue weighted by atomic mass is 9.98. The van der Waals surface area contributed by atoms with Crippen molar-refractivity contribution in [3.05, 3.63) is 64.1 Å². The molecule has 3 aromatic rings. The maximum Gasteiger partial charge on any atom is 0.505 e. The fourth-order valence-corrected chi connectivity index (χ4v) is 3.32. The van der Waals surface area contributed by atoms with Gasteiger partial charge in [-0.25, -0.2) is 4.39 Å². The molecule has 0 fully saturated rings. The average molecular weight is 429 g/mol. The van der Waals surface area contributed by atoms with Crippen LogP contribution in [-0.2, 0) is 28.7 Å². The van der Waals surface area contributed by atoms with Crippen LogP contribution in [0.1, 0.15) is 30.2 Å². The summed E-state index contributed by atoms with van der Waals surface area (Å²) in [6.07, 6.45) is -4.82. The number of rotatable bonds is 6. The first-order valence-corrected chi connectivity index (χ1v) is 9.24. The number of esters is 1. The molecule has 2 aromatic carbocycles. The summed E-state index contributed by atoms with van der Waals surface area (Å²) in [6.45, 7) is 1.82. The number of benzene rings is 2. The summed E-state index contributed by atoms with van der Waals surface area (Å²) in [7, 11) is 0. The van der Waals surface area contributed by atoms with Crippen molar-refractivity contribution in [3.8, 4) is 0 Å². The number of fused-ring (bicyclic) bond motifs is 1. The summed E-state index contributed by atoms with van der Waals surface area (Å²) >= 11 is 5.77. The molecule has 1 aromatic heterocycles. The Hall–Kier alpha value is -2.61. The maximum atomic E-state index is 14.2. The molecule has 29 heavy (non-hydrogen) atoms. The van der Waals surface area contributed by atoms with Gasteiger partial charge >= 0.3 is 12.3 Å². The topological polar surface area (TPSA) is 44.1 Å². The zero-order valence-corrected chi connectivity index (χ0v) is 16.1. The van der Waals surface area contributed by atoms with Crippen molar-refractivity contribution in [2.24, 2.45) is 0 Å². The Labute approximate surface area is 169 Å². The summed E-state index contributed by atoms with van der Waals surface area (Å²) < 4.78 is 59.4. The molecule has 4 nitrogen and oxygen atoms in total. The molecule has 0 aliphatic carbocycles. The number of halogens is 5. The molecule has 0 aliphatic heterocycles. The normalized spacial score (nSPS) is 11.8. The third-order valence-electron chi connectivity index (χ3n) is 4.37. The van der Waals surface area contributed by atoms with E-state index in [4.69, 9.17) is 16.3 Å². The van der Waals surface area contributed by atoms with Gasteiger partial charge in [-0.3, -0.25) is 4.79 Å². The molecule has 0 radical (unpaired) electrons. The van der Waals surface area contributed by atoms with Gasteiger partial charge in [0.1, 0.15) is 5.82 Å². The second-order valence-corrected chi connectivity index (χ2v) is 6.79. The Bertz CT molecular complexity index is 1050. The molecule has 0 N–H and O–H groups in total. The molecule has 3 rings (SSSR count). The number of hydrogen-bond acceptors (Lipinski definition) is 3. The summed E-state index contributed by atoms with van der Waals surface area (Å²) in [6, 6.07) is 8.53. The molecule has 0 unspecified atom stereocenters. The molecule has 0 saturated carbocycles. The standard InChI is InChI=1S/C20H17ClF4N2O2/c1-2-29-18(28)9-8-16-19-13(10-12-6-7-14(21)11-15(12)22)4-3-5-17(19)27(26-16)20(23,24)25/h3-7,11H,2,8-10H2,1H3. The second-order valence-electron chi connectivity index (χ2n) is 6.36. The predicted octanol–water partition coefficient (Wildman–Crippen LogP) is 5.39. The van der Waals surface area contributed by atoms with Gasteiger partial charge in [-0.1, -0.05) is 29.8 Å². The minimum atomic E-state index is -4.73. The number of nitrogens with zero attached hydrogens (tertiary/aromatic N) is 2. The lowest BCUT2D eigenvalue weighted by Gasteiger charge is -2.09. The van der Waals surface area contributed by atoms with E-state index in [1.165, 1.54) is 24.3 Å². The number of hydrogen-bond donors (Lipinski definition) is 0. The SMILES string of the molecule is CCOC(=O)CCc1nn(C(F)(F)F)c2cccc(Cc3ccc(Cl)cc3F)c12. The van der Waals surface area contributed by atoms with Crippen molar-refractivity contribution in [2.45, 2.75) is 32.5 Å². The molecule has 0 amide bonds. The van der Waals surface area contributed by atoms with Crippen LogP contribution in [0.15, 0.2) is 36.4 Å². The Kier molecular flexibility index (Phi) is 6.12. The van der Waals surface area contributed by atoms with Gasteiger partial charge < -0.3 is 4.74 Å². The van der Waals surface area contributed by atoms with E-state index in [9.17, 15) is 22.4 Å². The molecule has 0 atom stereocenters. The van der Waals surface area contributed by atoms with E-state index in [2.05, 4.69) is 5.10 Å².